The van der Waals surface area contributed by atoms with Crippen molar-refractivity contribution in [2.75, 3.05) is 18.1 Å². The standard InChI is InChI=1S/C12H19N3O9S2/c16-11(13-23-9-3-5-25(18,19)6-4-9)10-2-1-8-7-14(10)12(17)15(8)24-26(20,21)22/h8-10H,1-7H2,(H,13,16)(H,20,21,22). The molecule has 2 unspecified atom stereocenters. The lowest BCUT2D eigenvalue weighted by Crippen LogP contribution is -2.50. The van der Waals surface area contributed by atoms with Gasteiger partial charge in [0.1, 0.15) is 6.04 Å². The molecule has 0 spiro atoms. The van der Waals surface area contributed by atoms with Gasteiger partial charge in [0.05, 0.1) is 23.7 Å². The number of hydrogen-bond donors (Lipinski definition) is 2. The van der Waals surface area contributed by atoms with Crippen molar-refractivity contribution in [2.45, 2.75) is 43.9 Å². The van der Waals surface area contributed by atoms with Crippen LogP contribution in [0.4, 0.5) is 4.79 Å². The molecule has 0 aromatic carbocycles. The molecule has 14 heteroatoms. The predicted molar refractivity (Wildman–Crippen MR) is 84.3 cm³/mol. The Morgan fingerprint density at radius 3 is 2.46 bits per heavy atom. The molecule has 3 fully saturated rings. The molecule has 26 heavy (non-hydrogen) atoms. The molecule has 0 radical (unpaired) electrons. The normalized spacial score (nSPS) is 29.0. The topological polar surface area (TPSA) is 160 Å². The third kappa shape index (κ3) is 4.25. The third-order valence-corrected chi connectivity index (χ3v) is 6.69. The first-order valence-electron chi connectivity index (χ1n) is 7.98. The highest BCUT2D eigenvalue weighted by molar-refractivity contribution is 7.91. The molecule has 148 valence electrons. The van der Waals surface area contributed by atoms with Crippen LogP contribution in [-0.2, 0) is 34.2 Å². The van der Waals surface area contributed by atoms with Crippen molar-refractivity contribution in [1.29, 1.82) is 0 Å². The number of hydrogen-bond acceptors (Lipinski definition) is 8. The van der Waals surface area contributed by atoms with Gasteiger partial charge in [-0.3, -0.25) is 14.2 Å². The molecule has 12 nitrogen and oxygen atoms in total. The van der Waals surface area contributed by atoms with E-state index in [1.165, 1.54) is 0 Å². The predicted octanol–water partition coefficient (Wildman–Crippen LogP) is -1.39. The Kier molecular flexibility index (Phi) is 5.13. The van der Waals surface area contributed by atoms with Crippen LogP contribution in [0.25, 0.3) is 0 Å². The van der Waals surface area contributed by atoms with Gasteiger partial charge in [-0.2, -0.15) is 13.5 Å². The van der Waals surface area contributed by atoms with Gasteiger partial charge in [-0.05, 0) is 25.7 Å². The number of amides is 3. The van der Waals surface area contributed by atoms with Crippen LogP contribution in [0.5, 0.6) is 0 Å². The van der Waals surface area contributed by atoms with Gasteiger partial charge in [-0.15, -0.1) is 4.28 Å². The van der Waals surface area contributed by atoms with Crippen LogP contribution in [0, 0.1) is 0 Å². The first-order chi connectivity index (χ1) is 12.1. The molecule has 0 aromatic heterocycles. The number of piperidine rings is 1. The highest BCUT2D eigenvalue weighted by atomic mass is 32.3. The second kappa shape index (κ2) is 6.92. The summed E-state index contributed by atoms with van der Waals surface area (Å²) in [5, 5.41) is 0.551. The molecule has 3 saturated heterocycles. The summed E-state index contributed by atoms with van der Waals surface area (Å²) >= 11 is 0. The van der Waals surface area contributed by atoms with E-state index in [-0.39, 0.29) is 37.3 Å². The molecule has 2 atom stereocenters. The van der Waals surface area contributed by atoms with Crippen molar-refractivity contribution in [2.24, 2.45) is 0 Å². The molecular weight excluding hydrogens is 394 g/mol. The largest absolute Gasteiger partial charge is 0.418 e. The summed E-state index contributed by atoms with van der Waals surface area (Å²) in [5.41, 5.74) is 2.26. The summed E-state index contributed by atoms with van der Waals surface area (Å²) in [4.78, 5) is 30.9. The minimum absolute atomic E-state index is 0.00874. The van der Waals surface area contributed by atoms with Crippen LogP contribution < -0.4 is 5.48 Å². The SMILES string of the molecule is O=C(NOC1CCS(=O)(=O)CC1)C1CCC2CN1C(=O)N2OS(=O)(=O)O. The fraction of sp³-hybridized carbons (Fsp3) is 0.833. The number of sulfone groups is 1. The van der Waals surface area contributed by atoms with Crippen LogP contribution in [0.2, 0.25) is 0 Å². The zero-order chi connectivity index (χ0) is 19.1. The molecule has 3 amide bonds. The maximum atomic E-state index is 12.3. The smallest absolute Gasteiger partial charge is 0.309 e. The highest BCUT2D eigenvalue weighted by Gasteiger charge is 2.49. The van der Waals surface area contributed by atoms with Crippen LogP contribution in [0.3, 0.4) is 0 Å². The van der Waals surface area contributed by atoms with Gasteiger partial charge in [-0.25, -0.2) is 18.7 Å². The van der Waals surface area contributed by atoms with E-state index in [9.17, 15) is 26.4 Å². The molecule has 0 saturated carbocycles. The van der Waals surface area contributed by atoms with Crippen molar-refractivity contribution in [3.63, 3.8) is 0 Å². The minimum Gasteiger partial charge on any atom is -0.309 e. The average Bonchev–Trinajstić information content (AvgIpc) is 2.77. The van der Waals surface area contributed by atoms with Gasteiger partial charge >= 0.3 is 16.4 Å². The molecule has 2 bridgehead atoms. The summed E-state index contributed by atoms with van der Waals surface area (Å²) in [7, 11) is -7.89. The van der Waals surface area contributed by atoms with E-state index in [1.54, 1.807) is 0 Å². The first kappa shape index (κ1) is 19.3. The van der Waals surface area contributed by atoms with Gasteiger partial charge in [0, 0.05) is 6.54 Å². The van der Waals surface area contributed by atoms with Gasteiger partial charge in [0.2, 0.25) is 0 Å². The van der Waals surface area contributed by atoms with E-state index < -0.39 is 50.4 Å². The Balaban J connectivity index is 1.55. The maximum absolute atomic E-state index is 12.3. The highest BCUT2D eigenvalue weighted by Crippen LogP contribution is 2.30. The quantitative estimate of drug-likeness (QED) is 0.409. The molecule has 0 aliphatic carbocycles. The molecule has 2 N–H and O–H groups in total. The summed E-state index contributed by atoms with van der Waals surface area (Å²) in [6, 6.07) is -2.30. The Morgan fingerprint density at radius 1 is 1.19 bits per heavy atom. The van der Waals surface area contributed by atoms with Crippen LogP contribution in [0.15, 0.2) is 0 Å². The average molecular weight is 413 g/mol. The van der Waals surface area contributed by atoms with E-state index >= 15 is 0 Å². The number of urea groups is 1. The van der Waals surface area contributed by atoms with Crippen LogP contribution >= 0.6 is 0 Å². The minimum atomic E-state index is -4.85. The van der Waals surface area contributed by atoms with Crippen molar-refractivity contribution in [3.8, 4) is 0 Å². The fourth-order valence-corrected chi connectivity index (χ4v) is 5.14. The number of hydroxylamine groups is 3. The van der Waals surface area contributed by atoms with Crippen molar-refractivity contribution < 1.29 is 40.1 Å². The van der Waals surface area contributed by atoms with Crippen molar-refractivity contribution in [1.82, 2.24) is 15.4 Å². The zero-order valence-corrected chi connectivity index (χ0v) is 15.2. The lowest BCUT2D eigenvalue weighted by Gasteiger charge is -2.30. The summed E-state index contributed by atoms with van der Waals surface area (Å²) < 4.78 is 57.4. The Bertz CT molecular complexity index is 783. The Labute approximate surface area is 150 Å². The van der Waals surface area contributed by atoms with E-state index in [1.807, 2.05) is 0 Å². The van der Waals surface area contributed by atoms with E-state index in [0.717, 1.165) is 4.90 Å². The van der Waals surface area contributed by atoms with Crippen molar-refractivity contribution in [3.05, 3.63) is 0 Å². The summed E-state index contributed by atoms with van der Waals surface area (Å²) in [5.74, 6) is -0.602. The maximum Gasteiger partial charge on any atom is 0.418 e. The first-order valence-corrected chi connectivity index (χ1v) is 11.2. The molecule has 0 aromatic rings. The summed E-state index contributed by atoms with van der Waals surface area (Å²) in [6.45, 7) is 0.0775. The summed E-state index contributed by atoms with van der Waals surface area (Å²) in [6.07, 6.45) is 0.683. The second-order valence-corrected chi connectivity index (χ2v) is 9.75. The van der Waals surface area contributed by atoms with E-state index in [4.69, 9.17) is 9.39 Å². The van der Waals surface area contributed by atoms with Crippen LogP contribution in [-0.4, -0.2) is 79.5 Å². The molecule has 3 aliphatic heterocycles. The number of nitrogens with zero attached hydrogens (tertiary/aromatic N) is 2. The molecule has 3 heterocycles. The lowest BCUT2D eigenvalue weighted by atomic mass is 10.0. The third-order valence-electron chi connectivity index (χ3n) is 4.63. The lowest BCUT2D eigenvalue weighted by molar-refractivity contribution is -0.144. The van der Waals surface area contributed by atoms with Gasteiger partial charge in [-0.1, -0.05) is 0 Å². The van der Waals surface area contributed by atoms with Gasteiger partial charge < -0.3 is 4.90 Å². The molecular formula is C12H19N3O9S2. The van der Waals surface area contributed by atoms with Crippen molar-refractivity contribution >= 4 is 32.2 Å². The van der Waals surface area contributed by atoms with E-state index in [0.29, 0.717) is 11.5 Å². The van der Waals surface area contributed by atoms with Crippen LogP contribution in [0.1, 0.15) is 25.7 Å². The number of nitrogens with one attached hydrogen (secondary N) is 1. The fourth-order valence-electron chi connectivity index (χ4n) is 3.30. The second-order valence-electron chi connectivity index (χ2n) is 6.45. The number of carbonyl (C=O) groups is 2. The number of rotatable bonds is 5. The van der Waals surface area contributed by atoms with E-state index in [2.05, 4.69) is 9.76 Å². The van der Waals surface area contributed by atoms with Gasteiger partial charge in [0.15, 0.2) is 9.84 Å². The monoisotopic (exact) mass is 413 g/mol. The molecule has 3 aliphatic rings. The number of fused-ring (bicyclic) bond motifs is 2. The Morgan fingerprint density at radius 2 is 1.85 bits per heavy atom. The molecule has 3 rings (SSSR count). The zero-order valence-electron chi connectivity index (χ0n) is 13.6. The Hall–Kier alpha value is -1.48. The van der Waals surface area contributed by atoms with Gasteiger partial charge in [0.25, 0.3) is 5.91 Å². The number of carbonyl (C=O) groups excluding carboxylic acids is 2.